The molecule has 0 saturated carbocycles. The minimum Gasteiger partial charge on any atom is -0.459 e. The summed E-state index contributed by atoms with van der Waals surface area (Å²) >= 11 is 15.2. The molecule has 0 radical (unpaired) electrons. The largest absolute Gasteiger partial charge is 0.459 e. The lowest BCUT2D eigenvalue weighted by Crippen LogP contribution is -2.42. The van der Waals surface area contributed by atoms with E-state index in [0.717, 1.165) is 4.57 Å². The van der Waals surface area contributed by atoms with Gasteiger partial charge in [0.25, 0.3) is 5.91 Å². The number of rotatable bonds is 12. The van der Waals surface area contributed by atoms with Gasteiger partial charge in [-0.3, -0.25) is 19.0 Å². The quantitative estimate of drug-likeness (QED) is 0.0744. The van der Waals surface area contributed by atoms with E-state index in [4.69, 9.17) is 46.5 Å². The normalized spacial score (nSPS) is 11.4. The molecule has 1 N–H and O–H groups in total. The second-order valence-electron chi connectivity index (χ2n) is 14.3. The molecule has 0 spiro atoms. The molecule has 3 rings (SSSR count). The van der Waals surface area contributed by atoms with Gasteiger partial charge in [-0.25, -0.2) is 9.59 Å². The summed E-state index contributed by atoms with van der Waals surface area (Å²) in [6, 6.07) is 9.23. The zero-order valence-corrected chi connectivity index (χ0v) is 32.9. The van der Waals surface area contributed by atoms with E-state index in [1.807, 2.05) is 0 Å². The summed E-state index contributed by atoms with van der Waals surface area (Å²) in [5, 5.41) is 4.64. The van der Waals surface area contributed by atoms with Crippen molar-refractivity contribution in [3.05, 3.63) is 58.2 Å². The summed E-state index contributed by atoms with van der Waals surface area (Å²) in [4.78, 5) is 71.7. The van der Waals surface area contributed by atoms with Crippen LogP contribution in [-0.4, -0.2) is 87.0 Å². The SMILES string of the molecule is CC(C)(C)OC(=O)CN(CCNC=O)C(=O)c1cn(C(=O)OC(C)(C)C)c2cc(N(CC(=O)OC(C)(C)C)Oc3cc(Cl)cc(Cl)c3)ccc12.O=S. The summed E-state index contributed by atoms with van der Waals surface area (Å²) in [6.07, 6.45) is 1.01. The third-order valence-electron chi connectivity index (χ3n) is 6.28. The van der Waals surface area contributed by atoms with E-state index in [1.54, 1.807) is 80.5 Å². The van der Waals surface area contributed by atoms with Gasteiger partial charge < -0.3 is 29.3 Å². The standard InChI is InChI=1S/C35H44Cl2N4O9.OS/c1-33(2,3)47-29(43)19-39(13-12-38-21-42)31(45)27-18-40(32(46)49-35(7,8)9)28-17-24(10-11-26(27)28)41(20-30(44)48-34(4,5)6)50-25-15-22(36)14-23(37)16-25;1-2/h10-11,14-18,21H,12-13,19-20H2,1-9H3,(H,38,42);. The molecule has 0 saturated heterocycles. The molecule has 14 nitrogen and oxygen atoms in total. The fourth-order valence-corrected chi connectivity index (χ4v) is 5.10. The van der Waals surface area contributed by atoms with Crippen LogP contribution in [-0.2, 0) is 41.1 Å². The summed E-state index contributed by atoms with van der Waals surface area (Å²) in [6.45, 7) is 14.6. The van der Waals surface area contributed by atoms with Crippen molar-refractivity contribution >= 4 is 82.7 Å². The Hall–Kier alpha value is -4.47. The number of esters is 2. The maximum absolute atomic E-state index is 14.1. The Morgan fingerprint density at radius 1 is 0.808 bits per heavy atom. The monoisotopic (exact) mass is 782 g/mol. The predicted octanol–water partition coefficient (Wildman–Crippen LogP) is 6.07. The minimum absolute atomic E-state index is 0.0340. The van der Waals surface area contributed by atoms with Gasteiger partial charge in [0.15, 0.2) is 24.8 Å². The van der Waals surface area contributed by atoms with Crippen LogP contribution in [0.25, 0.3) is 10.9 Å². The highest BCUT2D eigenvalue weighted by Crippen LogP contribution is 2.31. The van der Waals surface area contributed by atoms with Gasteiger partial charge in [0.2, 0.25) is 6.41 Å². The van der Waals surface area contributed by atoms with Crippen molar-refractivity contribution in [2.45, 2.75) is 79.1 Å². The van der Waals surface area contributed by atoms with Crippen LogP contribution in [0.15, 0.2) is 42.6 Å². The summed E-state index contributed by atoms with van der Waals surface area (Å²) in [7, 11) is 0. The molecule has 0 fully saturated rings. The number of amides is 2. The minimum atomic E-state index is -0.892. The first-order valence-electron chi connectivity index (χ1n) is 15.9. The van der Waals surface area contributed by atoms with E-state index in [9.17, 15) is 24.0 Å². The molecule has 0 aliphatic carbocycles. The van der Waals surface area contributed by atoms with E-state index in [-0.39, 0.29) is 36.5 Å². The van der Waals surface area contributed by atoms with Crippen LogP contribution in [0.5, 0.6) is 5.75 Å². The molecule has 17 heteroatoms. The van der Waals surface area contributed by atoms with Gasteiger partial charge in [-0.15, -0.1) is 0 Å². The van der Waals surface area contributed by atoms with Gasteiger partial charge in [-0.2, -0.15) is 9.27 Å². The molecule has 0 unspecified atom stereocenters. The van der Waals surface area contributed by atoms with Gasteiger partial charge in [0, 0.05) is 46.9 Å². The van der Waals surface area contributed by atoms with Crippen molar-refractivity contribution in [2.75, 3.05) is 31.2 Å². The number of benzene rings is 2. The average Bonchev–Trinajstić information content (AvgIpc) is 3.37. The summed E-state index contributed by atoms with van der Waals surface area (Å²) in [5.74, 6) is -1.68. The van der Waals surface area contributed by atoms with Crippen LogP contribution in [0.3, 0.4) is 0 Å². The topological polar surface area (TPSA) is 163 Å². The lowest BCUT2D eigenvalue weighted by molar-refractivity contribution is -0.156. The number of nitrogens with one attached hydrogen (secondary N) is 1. The third-order valence-corrected chi connectivity index (χ3v) is 6.72. The highest BCUT2D eigenvalue weighted by Gasteiger charge is 2.29. The number of anilines is 1. The first-order valence-corrected chi connectivity index (χ1v) is 17.0. The first-order chi connectivity index (χ1) is 24.0. The number of carbonyl (C=O) groups is 5. The summed E-state index contributed by atoms with van der Waals surface area (Å²) < 4.78 is 25.6. The molecule has 52 heavy (non-hydrogen) atoms. The van der Waals surface area contributed by atoms with Gasteiger partial charge in [0.05, 0.1) is 16.8 Å². The van der Waals surface area contributed by atoms with Crippen LogP contribution in [0.2, 0.25) is 10.0 Å². The average molecular weight is 784 g/mol. The molecule has 1 heterocycles. The smallest absolute Gasteiger partial charge is 0.419 e. The van der Waals surface area contributed by atoms with Crippen LogP contribution in [0.1, 0.15) is 72.7 Å². The number of nitrogens with zero attached hydrogens (tertiary/aromatic N) is 3. The zero-order chi connectivity index (χ0) is 39.6. The van der Waals surface area contributed by atoms with Crippen LogP contribution in [0.4, 0.5) is 10.5 Å². The number of halogens is 2. The lowest BCUT2D eigenvalue weighted by Gasteiger charge is -2.26. The van der Waals surface area contributed by atoms with Crippen LogP contribution < -0.4 is 15.2 Å². The number of aromatic nitrogens is 1. The predicted molar refractivity (Wildman–Crippen MR) is 198 cm³/mol. The van der Waals surface area contributed by atoms with Crippen molar-refractivity contribution in [1.82, 2.24) is 14.8 Å². The maximum Gasteiger partial charge on any atom is 0.419 e. The Morgan fingerprint density at radius 3 is 1.87 bits per heavy atom. The fraction of sp³-hybridized carbons (Fsp3) is 0.457. The molecule has 1 aromatic heterocycles. The number of hydroxylamine groups is 1. The fourth-order valence-electron chi connectivity index (χ4n) is 4.59. The second kappa shape index (κ2) is 18.3. The Morgan fingerprint density at radius 2 is 1.35 bits per heavy atom. The van der Waals surface area contributed by atoms with E-state index >= 15 is 0 Å². The summed E-state index contributed by atoms with van der Waals surface area (Å²) in [5.41, 5.74) is -1.91. The highest BCUT2D eigenvalue weighted by atomic mass is 35.5. The van der Waals surface area contributed by atoms with E-state index < -0.39 is 47.3 Å². The van der Waals surface area contributed by atoms with E-state index in [0.29, 0.717) is 27.5 Å². The molecular weight excluding hydrogens is 739 g/mol. The van der Waals surface area contributed by atoms with Crippen molar-refractivity contribution in [3.8, 4) is 5.75 Å². The maximum atomic E-state index is 14.1. The molecule has 2 amide bonds. The molecule has 0 aliphatic rings. The molecular formula is C35H44Cl2N4O10S. The highest BCUT2D eigenvalue weighted by molar-refractivity contribution is 7.44. The number of ether oxygens (including phenoxy) is 3. The number of hydrogen-bond acceptors (Lipinski definition) is 12. The number of carbonyl (C=O) groups excluding carboxylic acids is 5. The van der Waals surface area contributed by atoms with Crippen LogP contribution in [0, 0.1) is 0 Å². The zero-order valence-electron chi connectivity index (χ0n) is 30.5. The third kappa shape index (κ3) is 13.9. The number of fused-ring (bicyclic) bond motifs is 1. The van der Waals surface area contributed by atoms with E-state index in [1.165, 1.54) is 34.4 Å². The van der Waals surface area contributed by atoms with Gasteiger partial charge in [-0.05, 0) is 86.6 Å². The lowest BCUT2D eigenvalue weighted by atomic mass is 10.1. The molecule has 3 aromatic rings. The first kappa shape index (κ1) is 43.7. The molecule has 0 bridgehead atoms. The van der Waals surface area contributed by atoms with Gasteiger partial charge in [0.1, 0.15) is 23.3 Å². The second-order valence-corrected chi connectivity index (χ2v) is 15.2. The Kier molecular flexibility index (Phi) is 15.4. The molecule has 284 valence electrons. The molecule has 2 aromatic carbocycles. The Labute approximate surface area is 318 Å². The van der Waals surface area contributed by atoms with Gasteiger partial charge in [-0.1, -0.05) is 23.2 Å². The van der Waals surface area contributed by atoms with Gasteiger partial charge >= 0.3 is 18.0 Å². The number of hydrogen-bond donors (Lipinski definition) is 1. The van der Waals surface area contributed by atoms with Crippen molar-refractivity contribution in [3.63, 3.8) is 0 Å². The van der Waals surface area contributed by atoms with Crippen molar-refractivity contribution in [1.29, 1.82) is 0 Å². The molecule has 0 aliphatic heterocycles. The Balaban J connectivity index is 0.00000460. The van der Waals surface area contributed by atoms with Crippen molar-refractivity contribution < 1.29 is 47.2 Å². The van der Waals surface area contributed by atoms with Crippen molar-refractivity contribution in [2.24, 2.45) is 0 Å². The molecule has 0 atom stereocenters. The van der Waals surface area contributed by atoms with Crippen LogP contribution >= 0.6 is 23.2 Å². The van der Waals surface area contributed by atoms with E-state index in [2.05, 4.69) is 17.9 Å². The Bertz CT molecular complexity index is 1740.